The van der Waals surface area contributed by atoms with Crippen LogP contribution >= 0.6 is 0 Å². The molecule has 1 saturated carbocycles. The molecule has 1 aliphatic rings. The molecule has 3 N–H and O–H groups in total. The third-order valence-electron chi connectivity index (χ3n) is 3.97. The third kappa shape index (κ3) is 2.12. The molecule has 2 aromatic heterocycles. The Morgan fingerprint density at radius 3 is 2.70 bits per heavy atom. The van der Waals surface area contributed by atoms with Gasteiger partial charge in [-0.1, -0.05) is 12.5 Å². The van der Waals surface area contributed by atoms with Gasteiger partial charge in [-0.15, -0.1) is 0 Å². The fourth-order valence-electron chi connectivity index (χ4n) is 2.51. The molecule has 0 spiro atoms. The fraction of sp³-hybridized carbons (Fsp3) is 0.385. The van der Waals surface area contributed by atoms with Crippen LogP contribution in [0.5, 0.6) is 0 Å². The third-order valence-corrected chi connectivity index (χ3v) is 5.73. The number of hydrogen-bond acceptors (Lipinski definition) is 5. The number of anilines is 1. The first-order valence-corrected chi connectivity index (χ1v) is 8.02. The predicted octanol–water partition coefficient (Wildman–Crippen LogP) is 1.25. The van der Waals surface area contributed by atoms with E-state index in [0.717, 1.165) is 17.3 Å². The van der Waals surface area contributed by atoms with Gasteiger partial charge in [0, 0.05) is 24.3 Å². The molecule has 1 aliphatic carbocycles. The van der Waals surface area contributed by atoms with Gasteiger partial charge in [-0.25, -0.2) is 18.5 Å². The molecule has 1 fully saturated rings. The largest absolute Gasteiger partial charge is 0.367 e. The number of nitrogens with two attached hydrogens (primary N) is 1. The molecule has 2 heterocycles. The molecule has 0 atom stereocenters. The Kier molecular flexibility index (Phi) is 3.10. The van der Waals surface area contributed by atoms with Gasteiger partial charge >= 0.3 is 0 Å². The van der Waals surface area contributed by atoms with Crippen LogP contribution < -0.4 is 10.5 Å². The average Bonchev–Trinajstić information content (AvgIpc) is 2.36. The van der Waals surface area contributed by atoms with Gasteiger partial charge < -0.3 is 5.32 Å². The van der Waals surface area contributed by atoms with Crippen molar-refractivity contribution in [2.75, 3.05) is 11.9 Å². The molecule has 2 aromatic rings. The van der Waals surface area contributed by atoms with Crippen molar-refractivity contribution in [2.24, 2.45) is 5.14 Å². The summed E-state index contributed by atoms with van der Waals surface area (Å²) in [6.45, 7) is 0.272. The molecule has 0 amide bonds. The van der Waals surface area contributed by atoms with Crippen molar-refractivity contribution in [1.82, 2.24) is 9.97 Å². The highest BCUT2D eigenvalue weighted by atomic mass is 32.2. The molecule has 20 heavy (non-hydrogen) atoms. The van der Waals surface area contributed by atoms with Crippen LogP contribution in [0.2, 0.25) is 0 Å². The lowest BCUT2D eigenvalue weighted by atomic mass is 9.84. The number of nitrogens with one attached hydrogen (secondary N) is 1. The highest BCUT2D eigenvalue weighted by molar-refractivity contribution is 7.90. The van der Waals surface area contributed by atoms with Gasteiger partial charge in [0.15, 0.2) is 5.82 Å². The number of fused-ring (bicyclic) bond motifs is 1. The fourth-order valence-corrected chi connectivity index (χ4v) is 3.64. The summed E-state index contributed by atoms with van der Waals surface area (Å²) in [6, 6.07) is 5.66. The topological polar surface area (TPSA) is 98.0 Å². The van der Waals surface area contributed by atoms with Crippen LogP contribution in [0.1, 0.15) is 19.3 Å². The van der Waals surface area contributed by atoms with Crippen LogP contribution in [0.15, 0.2) is 30.6 Å². The molecule has 0 saturated heterocycles. The summed E-state index contributed by atoms with van der Waals surface area (Å²) in [4.78, 5) is 8.52. The minimum absolute atomic E-state index is 0.272. The van der Waals surface area contributed by atoms with E-state index >= 15 is 0 Å². The second kappa shape index (κ2) is 4.68. The maximum Gasteiger partial charge on any atom is 0.216 e. The van der Waals surface area contributed by atoms with Crippen molar-refractivity contribution in [3.05, 3.63) is 30.6 Å². The van der Waals surface area contributed by atoms with E-state index in [1.54, 1.807) is 12.4 Å². The van der Waals surface area contributed by atoms with Crippen LogP contribution in [-0.4, -0.2) is 29.7 Å². The zero-order valence-corrected chi connectivity index (χ0v) is 11.7. The number of pyridine rings is 2. The molecule has 6 nitrogen and oxygen atoms in total. The SMILES string of the molecule is NS(=O)(=O)C1(CNc2nccc3cccnc23)CCC1. The van der Waals surface area contributed by atoms with Crippen molar-refractivity contribution in [3.8, 4) is 0 Å². The van der Waals surface area contributed by atoms with E-state index in [1.165, 1.54) is 0 Å². The van der Waals surface area contributed by atoms with Crippen LogP contribution in [0.4, 0.5) is 5.82 Å². The van der Waals surface area contributed by atoms with Crippen LogP contribution in [0, 0.1) is 0 Å². The minimum atomic E-state index is -3.56. The normalized spacial score (nSPS) is 17.6. The van der Waals surface area contributed by atoms with Gasteiger partial charge in [0.05, 0.1) is 0 Å². The van der Waals surface area contributed by atoms with Crippen LogP contribution in [0.25, 0.3) is 10.9 Å². The molecule has 0 radical (unpaired) electrons. The van der Waals surface area contributed by atoms with Crippen molar-refractivity contribution in [2.45, 2.75) is 24.0 Å². The summed E-state index contributed by atoms with van der Waals surface area (Å²) >= 11 is 0. The minimum Gasteiger partial charge on any atom is -0.367 e. The van der Waals surface area contributed by atoms with E-state index in [4.69, 9.17) is 5.14 Å². The number of primary sulfonamides is 1. The number of nitrogens with zero attached hydrogens (tertiary/aromatic N) is 2. The molecular formula is C13H16N4O2S. The summed E-state index contributed by atoms with van der Waals surface area (Å²) in [7, 11) is -3.56. The number of sulfonamides is 1. The molecule has 0 aliphatic heterocycles. The molecular weight excluding hydrogens is 276 g/mol. The second-order valence-electron chi connectivity index (χ2n) is 5.17. The van der Waals surface area contributed by atoms with Gasteiger partial charge in [-0.3, -0.25) is 4.98 Å². The Bertz CT molecular complexity index is 736. The first-order chi connectivity index (χ1) is 9.52. The monoisotopic (exact) mass is 292 g/mol. The van der Waals surface area contributed by atoms with Crippen LogP contribution in [0.3, 0.4) is 0 Å². The number of aromatic nitrogens is 2. The first kappa shape index (κ1) is 13.3. The van der Waals surface area contributed by atoms with Crippen molar-refractivity contribution >= 4 is 26.7 Å². The van der Waals surface area contributed by atoms with E-state index in [9.17, 15) is 8.42 Å². The highest BCUT2D eigenvalue weighted by Crippen LogP contribution is 2.38. The maximum absolute atomic E-state index is 11.7. The van der Waals surface area contributed by atoms with E-state index < -0.39 is 14.8 Å². The molecule has 7 heteroatoms. The van der Waals surface area contributed by atoms with Crippen molar-refractivity contribution in [1.29, 1.82) is 0 Å². The van der Waals surface area contributed by atoms with E-state index in [0.29, 0.717) is 18.7 Å². The zero-order valence-electron chi connectivity index (χ0n) is 10.9. The average molecular weight is 292 g/mol. The summed E-state index contributed by atoms with van der Waals surface area (Å²) in [6.07, 6.45) is 5.44. The Morgan fingerprint density at radius 1 is 1.25 bits per heavy atom. The Morgan fingerprint density at radius 2 is 2.05 bits per heavy atom. The Labute approximate surface area is 117 Å². The first-order valence-electron chi connectivity index (χ1n) is 6.48. The maximum atomic E-state index is 11.7. The second-order valence-corrected chi connectivity index (χ2v) is 7.13. The van der Waals surface area contributed by atoms with E-state index in [-0.39, 0.29) is 6.54 Å². The smallest absolute Gasteiger partial charge is 0.216 e. The summed E-state index contributed by atoms with van der Waals surface area (Å²) in [5.74, 6) is 0.595. The van der Waals surface area contributed by atoms with Gasteiger partial charge in [-0.2, -0.15) is 0 Å². The van der Waals surface area contributed by atoms with Crippen molar-refractivity contribution in [3.63, 3.8) is 0 Å². The number of hydrogen-bond donors (Lipinski definition) is 2. The standard InChI is InChI=1S/C13H16N4O2S/c14-20(18,19)13(5-2-6-13)9-17-12-11-10(4-8-16-12)3-1-7-15-11/h1,3-4,7-8H,2,5-6,9H2,(H,16,17)(H2,14,18,19). The Balaban J connectivity index is 1.88. The molecule has 0 unspecified atom stereocenters. The Hall–Kier alpha value is -1.73. The quantitative estimate of drug-likeness (QED) is 0.884. The highest BCUT2D eigenvalue weighted by Gasteiger charge is 2.47. The zero-order chi connectivity index (χ0) is 14.2. The lowest BCUT2D eigenvalue weighted by Gasteiger charge is -2.39. The molecule has 0 aromatic carbocycles. The lowest BCUT2D eigenvalue weighted by Crippen LogP contribution is -2.53. The van der Waals surface area contributed by atoms with Gasteiger partial charge in [0.25, 0.3) is 0 Å². The van der Waals surface area contributed by atoms with Gasteiger partial charge in [-0.05, 0) is 25.0 Å². The predicted molar refractivity (Wildman–Crippen MR) is 77.7 cm³/mol. The lowest BCUT2D eigenvalue weighted by molar-refractivity contribution is 0.351. The van der Waals surface area contributed by atoms with Gasteiger partial charge in [0.2, 0.25) is 10.0 Å². The summed E-state index contributed by atoms with van der Waals surface area (Å²) < 4.78 is 22.6. The molecule has 106 valence electrons. The summed E-state index contributed by atoms with van der Waals surface area (Å²) in [5.41, 5.74) is 0.735. The molecule has 3 rings (SSSR count). The number of rotatable bonds is 4. The van der Waals surface area contributed by atoms with E-state index in [2.05, 4.69) is 15.3 Å². The summed E-state index contributed by atoms with van der Waals surface area (Å²) in [5, 5.41) is 9.41. The van der Waals surface area contributed by atoms with Crippen LogP contribution in [-0.2, 0) is 10.0 Å². The van der Waals surface area contributed by atoms with Crippen molar-refractivity contribution < 1.29 is 8.42 Å². The van der Waals surface area contributed by atoms with E-state index in [1.807, 2.05) is 18.2 Å². The molecule has 0 bridgehead atoms. The van der Waals surface area contributed by atoms with Gasteiger partial charge in [0.1, 0.15) is 10.3 Å².